The number of hydrogen-bond donors (Lipinski definition) is 0. The van der Waals surface area contributed by atoms with Gasteiger partial charge in [-0.15, -0.1) is 0 Å². The molecule has 0 heterocycles. The van der Waals surface area contributed by atoms with Gasteiger partial charge in [-0.2, -0.15) is 0 Å². The van der Waals surface area contributed by atoms with Crippen LogP contribution in [0.25, 0.3) is 0 Å². The zero-order chi connectivity index (χ0) is 20.1. The molecule has 0 aliphatic heterocycles. The van der Waals surface area contributed by atoms with Gasteiger partial charge in [-0.05, 0) is 45.1 Å². The van der Waals surface area contributed by atoms with Crippen LogP contribution < -0.4 is 0 Å². The van der Waals surface area contributed by atoms with Gasteiger partial charge < -0.3 is 0 Å². The maximum atomic E-state index is 4.72. The molecule has 148 valence electrons. The summed E-state index contributed by atoms with van der Waals surface area (Å²) in [6.07, 6.45) is 6.52. The van der Waals surface area contributed by atoms with Crippen molar-refractivity contribution in [2.45, 2.75) is 87.5 Å². The summed E-state index contributed by atoms with van der Waals surface area (Å²) in [5, 5.41) is 0. The van der Waals surface area contributed by atoms with Crippen LogP contribution >= 0.6 is 0 Å². The van der Waals surface area contributed by atoms with E-state index in [4.69, 9.17) is 4.99 Å². The molecule has 1 saturated carbocycles. The van der Waals surface area contributed by atoms with Crippen molar-refractivity contribution in [1.29, 1.82) is 0 Å². The van der Waals surface area contributed by atoms with Crippen molar-refractivity contribution in [3.05, 3.63) is 46.5 Å². The fourth-order valence-corrected chi connectivity index (χ4v) is 3.70. The van der Waals surface area contributed by atoms with Crippen LogP contribution in [0, 0.1) is 18.8 Å². The second-order valence-corrected chi connectivity index (χ2v) is 7.15. The Labute approximate surface area is 164 Å². The van der Waals surface area contributed by atoms with E-state index in [9.17, 15) is 0 Å². The highest BCUT2D eigenvalue weighted by molar-refractivity contribution is 6.03. The molecule has 0 aromatic heterocycles. The minimum absolute atomic E-state index is 0.500. The van der Waals surface area contributed by atoms with Gasteiger partial charge in [0.05, 0.1) is 0 Å². The lowest BCUT2D eigenvalue weighted by Crippen LogP contribution is -2.22. The summed E-state index contributed by atoms with van der Waals surface area (Å²) >= 11 is 0. The van der Waals surface area contributed by atoms with Gasteiger partial charge in [-0.3, -0.25) is 4.99 Å². The van der Waals surface area contributed by atoms with Crippen molar-refractivity contribution in [2.24, 2.45) is 16.8 Å². The number of aryl methyl sites for hydroxylation is 1. The van der Waals surface area contributed by atoms with Gasteiger partial charge >= 0.3 is 0 Å². The molecular formula is C25H43N. The van der Waals surface area contributed by atoms with E-state index >= 15 is 0 Å². The molecule has 2 rings (SSSR count). The van der Waals surface area contributed by atoms with Gasteiger partial charge in [-0.1, -0.05) is 94.9 Å². The SMILES string of the molecule is CC.CC.CN=C(c1ccc(C)cc1)C1CCCCC(C)CC1=C(C)C. The lowest BCUT2D eigenvalue weighted by Gasteiger charge is -2.29. The minimum Gasteiger partial charge on any atom is -0.292 e. The summed E-state index contributed by atoms with van der Waals surface area (Å²) in [7, 11) is 1.96. The van der Waals surface area contributed by atoms with Crippen LogP contribution in [0.2, 0.25) is 0 Å². The van der Waals surface area contributed by atoms with Gasteiger partial charge in [0, 0.05) is 18.7 Å². The standard InChI is InChI=1S/C21H31N.2C2H6/c1-15(2)20-14-17(4)8-6-7-9-19(20)21(22-5)18-12-10-16(3)11-13-18;2*1-2/h10-13,17,19H,6-9,14H2,1-5H3;2*1-2H3. The van der Waals surface area contributed by atoms with E-state index in [1.54, 1.807) is 5.57 Å². The molecule has 2 atom stereocenters. The van der Waals surface area contributed by atoms with Crippen LogP contribution in [0.5, 0.6) is 0 Å². The smallest absolute Gasteiger partial charge is 0.0488 e. The first kappa shape index (κ1) is 24.6. The van der Waals surface area contributed by atoms with E-state index in [-0.39, 0.29) is 0 Å². The third-order valence-corrected chi connectivity index (χ3v) is 4.99. The quantitative estimate of drug-likeness (QED) is 0.375. The summed E-state index contributed by atoms with van der Waals surface area (Å²) in [4.78, 5) is 4.72. The molecule has 0 amide bonds. The van der Waals surface area contributed by atoms with Crippen LogP contribution in [-0.4, -0.2) is 12.8 Å². The van der Waals surface area contributed by atoms with Crippen molar-refractivity contribution in [2.75, 3.05) is 7.05 Å². The number of allylic oxidation sites excluding steroid dienone is 2. The number of nitrogens with zero attached hydrogens (tertiary/aromatic N) is 1. The molecule has 0 N–H and O–H groups in total. The van der Waals surface area contributed by atoms with Gasteiger partial charge in [0.25, 0.3) is 0 Å². The van der Waals surface area contributed by atoms with Crippen LogP contribution in [0.4, 0.5) is 0 Å². The Morgan fingerprint density at radius 1 is 0.923 bits per heavy atom. The van der Waals surface area contributed by atoms with Crippen molar-refractivity contribution < 1.29 is 0 Å². The maximum Gasteiger partial charge on any atom is 0.0488 e. The average Bonchev–Trinajstić information content (AvgIpc) is 2.65. The molecule has 0 spiro atoms. The van der Waals surface area contributed by atoms with Crippen LogP contribution in [0.1, 0.15) is 91.7 Å². The normalized spacial score (nSPS) is 20.7. The molecular weight excluding hydrogens is 314 g/mol. The molecule has 1 aromatic carbocycles. The summed E-state index contributed by atoms with van der Waals surface area (Å²) in [6.45, 7) is 17.1. The van der Waals surface area contributed by atoms with E-state index in [2.05, 4.69) is 52.0 Å². The van der Waals surface area contributed by atoms with E-state index in [1.807, 2.05) is 34.7 Å². The lowest BCUT2D eigenvalue weighted by atomic mass is 9.77. The second kappa shape index (κ2) is 13.8. The van der Waals surface area contributed by atoms with Crippen LogP contribution in [0.3, 0.4) is 0 Å². The minimum atomic E-state index is 0.500. The third-order valence-electron chi connectivity index (χ3n) is 4.99. The molecule has 2 unspecified atom stereocenters. The van der Waals surface area contributed by atoms with E-state index in [0.717, 1.165) is 5.92 Å². The van der Waals surface area contributed by atoms with E-state index in [0.29, 0.717) is 5.92 Å². The molecule has 1 fully saturated rings. The third kappa shape index (κ3) is 7.48. The number of rotatable bonds is 2. The van der Waals surface area contributed by atoms with Gasteiger partial charge in [-0.25, -0.2) is 0 Å². The predicted molar refractivity (Wildman–Crippen MR) is 120 cm³/mol. The highest BCUT2D eigenvalue weighted by Crippen LogP contribution is 2.35. The Balaban J connectivity index is 0.00000146. The fraction of sp³-hybridized carbons (Fsp3) is 0.640. The second-order valence-electron chi connectivity index (χ2n) is 7.15. The Kier molecular flexibility index (Phi) is 13.1. The first-order valence-electron chi connectivity index (χ1n) is 10.7. The Morgan fingerprint density at radius 3 is 1.96 bits per heavy atom. The molecule has 1 aliphatic rings. The lowest BCUT2D eigenvalue weighted by molar-refractivity contribution is 0.432. The summed E-state index contributed by atoms with van der Waals surface area (Å²) < 4.78 is 0. The molecule has 1 aliphatic carbocycles. The van der Waals surface area contributed by atoms with Gasteiger partial charge in [0.2, 0.25) is 0 Å². The summed E-state index contributed by atoms with van der Waals surface area (Å²) in [6, 6.07) is 8.88. The van der Waals surface area contributed by atoms with Gasteiger partial charge in [0.1, 0.15) is 0 Å². The molecule has 0 saturated heterocycles. The highest BCUT2D eigenvalue weighted by atomic mass is 14.7. The topological polar surface area (TPSA) is 12.4 Å². The Bertz CT molecular complexity index is 544. The summed E-state index contributed by atoms with van der Waals surface area (Å²) in [5.41, 5.74) is 7.02. The van der Waals surface area contributed by atoms with Gasteiger partial charge in [0.15, 0.2) is 0 Å². The predicted octanol–water partition coefficient (Wildman–Crippen LogP) is 8.02. The highest BCUT2D eigenvalue weighted by Gasteiger charge is 2.25. The molecule has 26 heavy (non-hydrogen) atoms. The number of hydrogen-bond acceptors (Lipinski definition) is 1. The largest absolute Gasteiger partial charge is 0.292 e. The Morgan fingerprint density at radius 2 is 1.46 bits per heavy atom. The van der Waals surface area contributed by atoms with Crippen molar-refractivity contribution >= 4 is 5.71 Å². The first-order chi connectivity index (χ1) is 12.5. The van der Waals surface area contributed by atoms with Crippen molar-refractivity contribution in [3.8, 4) is 0 Å². The van der Waals surface area contributed by atoms with E-state index in [1.165, 1.54) is 54.5 Å². The molecule has 1 aromatic rings. The van der Waals surface area contributed by atoms with E-state index < -0.39 is 0 Å². The monoisotopic (exact) mass is 357 g/mol. The number of aliphatic imine (C=N–C) groups is 1. The van der Waals surface area contributed by atoms with Crippen LogP contribution in [0.15, 0.2) is 40.4 Å². The zero-order valence-electron chi connectivity index (χ0n) is 18.9. The molecule has 0 radical (unpaired) electrons. The zero-order valence-corrected chi connectivity index (χ0v) is 18.9. The van der Waals surface area contributed by atoms with Crippen molar-refractivity contribution in [1.82, 2.24) is 0 Å². The molecule has 1 heteroatoms. The summed E-state index contributed by atoms with van der Waals surface area (Å²) in [5.74, 6) is 1.30. The average molecular weight is 358 g/mol. The molecule has 0 bridgehead atoms. The maximum absolute atomic E-state index is 4.72. The Hall–Kier alpha value is -1.37. The van der Waals surface area contributed by atoms with Crippen LogP contribution in [-0.2, 0) is 0 Å². The number of benzene rings is 1. The molecule has 1 nitrogen and oxygen atoms in total. The fourth-order valence-electron chi connectivity index (χ4n) is 3.70. The van der Waals surface area contributed by atoms with Crippen molar-refractivity contribution in [3.63, 3.8) is 0 Å². The first-order valence-corrected chi connectivity index (χ1v) is 10.7.